The Morgan fingerprint density at radius 3 is 2.76 bits per heavy atom. The Balaban J connectivity index is 1.63. The van der Waals surface area contributed by atoms with E-state index in [0.29, 0.717) is 37.3 Å². The van der Waals surface area contributed by atoms with E-state index >= 15 is 0 Å². The first-order chi connectivity index (χ1) is 12.0. The Morgan fingerprint density at radius 1 is 1.28 bits per heavy atom. The number of anilines is 1. The van der Waals surface area contributed by atoms with Gasteiger partial charge in [-0.15, -0.1) is 0 Å². The molecule has 2 aliphatic rings. The monoisotopic (exact) mass is 347 g/mol. The van der Waals surface area contributed by atoms with Gasteiger partial charge in [0.05, 0.1) is 17.7 Å². The van der Waals surface area contributed by atoms with Crippen LogP contribution in [0.3, 0.4) is 0 Å². The second kappa shape index (κ2) is 7.87. The molecular weight excluding hydrogens is 322 g/mol. The highest BCUT2D eigenvalue weighted by Crippen LogP contribution is 2.33. The summed E-state index contributed by atoms with van der Waals surface area (Å²) in [6.45, 7) is 3.22. The van der Waals surface area contributed by atoms with Gasteiger partial charge in [-0.25, -0.2) is 0 Å². The van der Waals surface area contributed by atoms with Crippen molar-refractivity contribution < 1.29 is 24.2 Å². The minimum atomic E-state index is -0.814. The van der Waals surface area contributed by atoms with E-state index in [4.69, 9.17) is 14.6 Å². The summed E-state index contributed by atoms with van der Waals surface area (Å²) < 4.78 is 11.5. The largest absolute Gasteiger partial charge is 0.489 e. The van der Waals surface area contributed by atoms with Crippen molar-refractivity contribution in [2.24, 2.45) is 11.8 Å². The van der Waals surface area contributed by atoms with Crippen LogP contribution in [0.5, 0.6) is 5.75 Å². The number of carboxylic acids is 1. The molecule has 6 nitrogen and oxygen atoms in total. The molecule has 3 rings (SSSR count). The Bertz CT molecular complexity index is 639. The highest BCUT2D eigenvalue weighted by molar-refractivity contribution is 5.94. The molecule has 0 spiro atoms. The van der Waals surface area contributed by atoms with Gasteiger partial charge in [0.25, 0.3) is 0 Å². The van der Waals surface area contributed by atoms with E-state index in [-0.39, 0.29) is 17.9 Å². The van der Waals surface area contributed by atoms with E-state index in [0.717, 1.165) is 25.0 Å². The summed E-state index contributed by atoms with van der Waals surface area (Å²) >= 11 is 0. The van der Waals surface area contributed by atoms with Crippen LogP contribution in [0.1, 0.15) is 37.7 Å². The molecule has 3 atom stereocenters. The molecule has 2 fully saturated rings. The maximum atomic E-state index is 12.5. The van der Waals surface area contributed by atoms with Crippen LogP contribution in [0, 0.1) is 18.8 Å². The van der Waals surface area contributed by atoms with Crippen molar-refractivity contribution in [3.8, 4) is 5.75 Å². The van der Waals surface area contributed by atoms with Gasteiger partial charge >= 0.3 is 5.97 Å². The highest BCUT2D eigenvalue weighted by atomic mass is 16.5. The van der Waals surface area contributed by atoms with Gasteiger partial charge in [0.15, 0.2) is 0 Å². The fourth-order valence-corrected chi connectivity index (χ4v) is 3.49. The predicted octanol–water partition coefficient (Wildman–Crippen LogP) is 2.99. The fourth-order valence-electron chi connectivity index (χ4n) is 3.49. The number of benzene rings is 1. The standard InChI is InChI=1S/C19H25NO5/c1-12-4-7-16(17(9-12)25-11-15-3-2-8-24-15)20-18(21)13-5-6-14(10-13)19(22)23/h4,7,9,13-15H,2-3,5-6,8,10-11H2,1H3,(H,20,21)(H,22,23)/t13-,14+,15?/m1/s1. The minimum absolute atomic E-state index is 0.107. The smallest absolute Gasteiger partial charge is 0.306 e. The number of carboxylic acid groups (broad SMARTS) is 1. The summed E-state index contributed by atoms with van der Waals surface area (Å²) in [6.07, 6.45) is 3.73. The van der Waals surface area contributed by atoms with Crippen LogP contribution in [0.15, 0.2) is 18.2 Å². The van der Waals surface area contributed by atoms with Gasteiger partial charge < -0.3 is 19.9 Å². The molecule has 136 valence electrons. The Kier molecular flexibility index (Phi) is 5.58. The summed E-state index contributed by atoms with van der Waals surface area (Å²) in [4.78, 5) is 23.6. The van der Waals surface area contributed by atoms with Crippen molar-refractivity contribution in [3.63, 3.8) is 0 Å². The van der Waals surface area contributed by atoms with E-state index in [9.17, 15) is 9.59 Å². The van der Waals surface area contributed by atoms with Gasteiger partial charge in [-0.2, -0.15) is 0 Å². The lowest BCUT2D eigenvalue weighted by Crippen LogP contribution is -2.23. The third-order valence-electron chi connectivity index (χ3n) is 5.00. The van der Waals surface area contributed by atoms with Crippen LogP contribution in [0.25, 0.3) is 0 Å². The quantitative estimate of drug-likeness (QED) is 0.826. The number of carbonyl (C=O) groups is 2. The van der Waals surface area contributed by atoms with Crippen molar-refractivity contribution in [2.45, 2.75) is 45.1 Å². The number of rotatable bonds is 6. The molecule has 1 aliphatic carbocycles. The van der Waals surface area contributed by atoms with Crippen LogP contribution in [0.4, 0.5) is 5.69 Å². The van der Waals surface area contributed by atoms with Gasteiger partial charge in [-0.1, -0.05) is 6.07 Å². The van der Waals surface area contributed by atoms with E-state index in [1.54, 1.807) is 0 Å². The summed E-state index contributed by atoms with van der Waals surface area (Å²) in [7, 11) is 0. The number of hydrogen-bond donors (Lipinski definition) is 2. The fraction of sp³-hybridized carbons (Fsp3) is 0.579. The second-order valence-electron chi connectivity index (χ2n) is 6.98. The van der Waals surface area contributed by atoms with E-state index in [1.165, 1.54) is 0 Å². The third kappa shape index (κ3) is 4.51. The maximum absolute atomic E-state index is 12.5. The topological polar surface area (TPSA) is 84.9 Å². The lowest BCUT2D eigenvalue weighted by Gasteiger charge is -2.17. The molecule has 25 heavy (non-hydrogen) atoms. The first-order valence-corrected chi connectivity index (χ1v) is 8.91. The molecule has 1 heterocycles. The Hall–Kier alpha value is -2.08. The van der Waals surface area contributed by atoms with Crippen LogP contribution in [0.2, 0.25) is 0 Å². The summed E-state index contributed by atoms with van der Waals surface area (Å²) in [5.74, 6) is -0.977. The highest BCUT2D eigenvalue weighted by Gasteiger charge is 2.34. The second-order valence-corrected chi connectivity index (χ2v) is 6.98. The molecular formula is C19H25NO5. The van der Waals surface area contributed by atoms with Gasteiger partial charge in [-0.05, 0) is 56.7 Å². The Labute approximate surface area is 147 Å². The minimum Gasteiger partial charge on any atom is -0.489 e. The first-order valence-electron chi connectivity index (χ1n) is 8.91. The molecule has 1 aliphatic heterocycles. The van der Waals surface area contributed by atoms with Crippen molar-refractivity contribution in [3.05, 3.63) is 23.8 Å². The van der Waals surface area contributed by atoms with Crippen LogP contribution in [-0.4, -0.2) is 36.3 Å². The molecule has 1 saturated heterocycles. The van der Waals surface area contributed by atoms with Gasteiger partial charge in [0.1, 0.15) is 12.4 Å². The number of nitrogens with one attached hydrogen (secondary N) is 1. The van der Waals surface area contributed by atoms with Crippen molar-refractivity contribution in [1.82, 2.24) is 0 Å². The maximum Gasteiger partial charge on any atom is 0.306 e. The van der Waals surface area contributed by atoms with Gasteiger partial charge in [0.2, 0.25) is 5.91 Å². The van der Waals surface area contributed by atoms with Crippen molar-refractivity contribution in [2.75, 3.05) is 18.5 Å². The first kappa shape index (κ1) is 17.7. The molecule has 0 radical (unpaired) electrons. The molecule has 0 bridgehead atoms. The van der Waals surface area contributed by atoms with Gasteiger partial charge in [-0.3, -0.25) is 9.59 Å². The molecule has 1 amide bonds. The van der Waals surface area contributed by atoms with E-state index in [1.807, 2.05) is 25.1 Å². The van der Waals surface area contributed by atoms with Crippen molar-refractivity contribution in [1.29, 1.82) is 0 Å². The SMILES string of the molecule is Cc1ccc(NC(=O)[C@@H]2CC[C@H](C(=O)O)C2)c(OCC2CCCO2)c1. The molecule has 1 aromatic rings. The van der Waals surface area contributed by atoms with Gasteiger partial charge in [0, 0.05) is 12.5 Å². The summed E-state index contributed by atoms with van der Waals surface area (Å²) in [5, 5.41) is 12.0. The van der Waals surface area contributed by atoms with Crippen LogP contribution in [-0.2, 0) is 14.3 Å². The third-order valence-corrected chi connectivity index (χ3v) is 5.00. The number of carbonyl (C=O) groups excluding carboxylic acids is 1. The average Bonchev–Trinajstić information content (AvgIpc) is 3.26. The summed E-state index contributed by atoms with van der Waals surface area (Å²) in [6, 6.07) is 5.66. The molecule has 2 N–H and O–H groups in total. The molecule has 1 unspecified atom stereocenters. The van der Waals surface area contributed by atoms with E-state index in [2.05, 4.69) is 5.32 Å². The normalized spacial score (nSPS) is 25.7. The zero-order valence-corrected chi connectivity index (χ0v) is 14.5. The van der Waals surface area contributed by atoms with E-state index < -0.39 is 11.9 Å². The molecule has 0 aromatic heterocycles. The van der Waals surface area contributed by atoms with Crippen LogP contribution < -0.4 is 10.1 Å². The van der Waals surface area contributed by atoms with Crippen molar-refractivity contribution >= 4 is 17.6 Å². The Morgan fingerprint density at radius 2 is 2.08 bits per heavy atom. The van der Waals surface area contributed by atoms with Crippen LogP contribution >= 0.6 is 0 Å². The number of amides is 1. The number of aryl methyl sites for hydroxylation is 1. The molecule has 1 aromatic carbocycles. The number of hydrogen-bond acceptors (Lipinski definition) is 4. The predicted molar refractivity (Wildman–Crippen MR) is 92.7 cm³/mol. The number of aliphatic carboxylic acids is 1. The average molecular weight is 347 g/mol. The summed E-state index contributed by atoms with van der Waals surface area (Å²) in [5.41, 5.74) is 1.68. The lowest BCUT2D eigenvalue weighted by atomic mass is 10.0. The zero-order chi connectivity index (χ0) is 17.8. The zero-order valence-electron chi connectivity index (χ0n) is 14.5. The molecule has 1 saturated carbocycles. The lowest BCUT2D eigenvalue weighted by molar-refractivity contribution is -0.141. The molecule has 6 heteroatoms. The number of ether oxygens (including phenoxy) is 2.